The van der Waals surface area contributed by atoms with Crippen molar-refractivity contribution in [1.29, 1.82) is 0 Å². The summed E-state index contributed by atoms with van der Waals surface area (Å²) < 4.78 is 52.6. The lowest BCUT2D eigenvalue weighted by Gasteiger charge is -2.12. The Morgan fingerprint density at radius 2 is 1.78 bits per heavy atom. The lowest BCUT2D eigenvalue weighted by Crippen LogP contribution is -2.07. The highest BCUT2D eigenvalue weighted by molar-refractivity contribution is 5.88. The number of aromatic carboxylic acids is 1. The van der Waals surface area contributed by atoms with Gasteiger partial charge in [0, 0.05) is 0 Å². The molecule has 0 saturated heterocycles. The molecule has 6 heteroatoms. The number of rotatable bonds is 2. The molecule has 2 nitrogen and oxygen atoms in total. The highest BCUT2D eigenvalue weighted by Gasteiger charge is 2.33. The highest BCUT2D eigenvalue weighted by Crippen LogP contribution is 2.38. The summed E-state index contributed by atoms with van der Waals surface area (Å²) in [5.41, 5.74) is 0.355. The first-order valence-corrected chi connectivity index (χ1v) is 6.98. The van der Waals surface area contributed by atoms with E-state index in [9.17, 15) is 22.4 Å². The molecule has 0 aliphatic heterocycles. The molecule has 0 amide bonds. The molecule has 0 spiro atoms. The Bertz CT molecular complexity index is 781. The van der Waals surface area contributed by atoms with Crippen molar-refractivity contribution in [3.63, 3.8) is 0 Å². The van der Waals surface area contributed by atoms with Crippen molar-refractivity contribution in [3.05, 3.63) is 70.0 Å². The van der Waals surface area contributed by atoms with Gasteiger partial charge in [-0.25, -0.2) is 9.18 Å². The van der Waals surface area contributed by atoms with Crippen molar-refractivity contribution in [2.24, 2.45) is 0 Å². The minimum Gasteiger partial charge on any atom is -0.478 e. The maximum Gasteiger partial charge on any atom is 0.416 e. The smallest absolute Gasteiger partial charge is 0.416 e. The Balaban J connectivity index is 1.94. The quantitative estimate of drug-likeness (QED) is 0.830. The van der Waals surface area contributed by atoms with E-state index in [4.69, 9.17) is 5.11 Å². The molecule has 0 aromatic heterocycles. The molecule has 23 heavy (non-hydrogen) atoms. The highest BCUT2D eigenvalue weighted by atomic mass is 19.4. The molecule has 3 rings (SSSR count). The molecular formula is C17H12F4O2. The van der Waals surface area contributed by atoms with Crippen LogP contribution < -0.4 is 0 Å². The summed E-state index contributed by atoms with van der Waals surface area (Å²) in [7, 11) is 0. The summed E-state index contributed by atoms with van der Waals surface area (Å²) in [5, 5.41) is 8.97. The molecule has 1 aliphatic rings. The van der Waals surface area contributed by atoms with Gasteiger partial charge in [0.1, 0.15) is 5.82 Å². The molecule has 1 N–H and O–H groups in total. The van der Waals surface area contributed by atoms with E-state index in [1.165, 1.54) is 24.3 Å². The molecule has 0 radical (unpaired) electrons. The fourth-order valence-corrected chi connectivity index (χ4v) is 3.04. The van der Waals surface area contributed by atoms with Crippen LogP contribution in [0.25, 0.3) is 0 Å². The van der Waals surface area contributed by atoms with Crippen LogP contribution in [0.15, 0.2) is 36.4 Å². The molecular weight excluding hydrogens is 312 g/mol. The topological polar surface area (TPSA) is 37.3 Å². The third kappa shape index (κ3) is 2.81. The van der Waals surface area contributed by atoms with Gasteiger partial charge in [0.2, 0.25) is 0 Å². The van der Waals surface area contributed by atoms with Crippen molar-refractivity contribution < 1.29 is 27.5 Å². The van der Waals surface area contributed by atoms with Gasteiger partial charge in [-0.1, -0.05) is 18.2 Å². The monoisotopic (exact) mass is 324 g/mol. The second kappa shape index (κ2) is 5.37. The van der Waals surface area contributed by atoms with E-state index in [1.54, 1.807) is 0 Å². The summed E-state index contributed by atoms with van der Waals surface area (Å²) in [5.74, 6) is -2.53. The van der Waals surface area contributed by atoms with Crippen LogP contribution in [0, 0.1) is 5.82 Å². The number of benzene rings is 2. The molecule has 120 valence electrons. The van der Waals surface area contributed by atoms with Crippen LogP contribution in [0.5, 0.6) is 0 Å². The summed E-state index contributed by atoms with van der Waals surface area (Å²) in [6, 6.07) is 7.64. The van der Waals surface area contributed by atoms with Gasteiger partial charge in [0.05, 0.1) is 11.1 Å². The van der Waals surface area contributed by atoms with Crippen molar-refractivity contribution in [3.8, 4) is 0 Å². The average molecular weight is 324 g/mol. The summed E-state index contributed by atoms with van der Waals surface area (Å²) in [6.07, 6.45) is -3.76. The van der Waals surface area contributed by atoms with E-state index in [0.29, 0.717) is 12.0 Å². The average Bonchev–Trinajstić information content (AvgIpc) is 2.88. The normalized spacial score (nSPS) is 17.1. The van der Waals surface area contributed by atoms with Crippen LogP contribution in [-0.4, -0.2) is 11.1 Å². The first-order valence-electron chi connectivity index (χ1n) is 6.98. The van der Waals surface area contributed by atoms with Crippen LogP contribution in [0.1, 0.15) is 38.5 Å². The predicted octanol–water partition coefficient (Wildman–Crippen LogP) is 4.43. The third-order valence-corrected chi connectivity index (χ3v) is 4.17. The Kier molecular flexibility index (Phi) is 3.62. The lowest BCUT2D eigenvalue weighted by atomic mass is 9.94. The molecule has 0 fully saturated rings. The lowest BCUT2D eigenvalue weighted by molar-refractivity contribution is -0.137. The first-order chi connectivity index (χ1) is 10.8. The van der Waals surface area contributed by atoms with Crippen LogP contribution in [0.2, 0.25) is 0 Å². The maximum atomic E-state index is 14.3. The standard InChI is InChI=1S/C17H12F4O2/c18-15-13(2-1-3-14(15)16(22)23)11-6-9-4-5-12(17(19,20)21)8-10(9)7-11/h1-5,8,11H,6-7H2,(H,22,23). The summed E-state index contributed by atoms with van der Waals surface area (Å²) >= 11 is 0. The van der Waals surface area contributed by atoms with E-state index in [-0.39, 0.29) is 17.9 Å². The van der Waals surface area contributed by atoms with Gasteiger partial charge in [0.15, 0.2) is 0 Å². The second-order valence-electron chi connectivity index (χ2n) is 5.60. The third-order valence-electron chi connectivity index (χ3n) is 4.17. The largest absolute Gasteiger partial charge is 0.478 e. The van der Waals surface area contributed by atoms with Gasteiger partial charge in [0.25, 0.3) is 0 Å². The zero-order chi connectivity index (χ0) is 16.8. The number of hydrogen-bond donors (Lipinski definition) is 1. The molecule has 0 saturated carbocycles. The van der Waals surface area contributed by atoms with Gasteiger partial charge < -0.3 is 5.11 Å². The Labute approximate surface area is 129 Å². The van der Waals surface area contributed by atoms with E-state index in [0.717, 1.165) is 17.7 Å². The number of hydrogen-bond acceptors (Lipinski definition) is 1. The zero-order valence-corrected chi connectivity index (χ0v) is 11.8. The summed E-state index contributed by atoms with van der Waals surface area (Å²) in [6.45, 7) is 0. The van der Waals surface area contributed by atoms with Crippen LogP contribution in [0.3, 0.4) is 0 Å². The number of halogens is 4. The minimum atomic E-state index is -4.42. The fourth-order valence-electron chi connectivity index (χ4n) is 3.04. The number of carboxylic acids is 1. The number of alkyl halides is 3. The molecule has 0 bridgehead atoms. The van der Waals surface area contributed by atoms with Gasteiger partial charge in [-0.3, -0.25) is 0 Å². The molecule has 2 aromatic rings. The van der Waals surface area contributed by atoms with Crippen LogP contribution in [-0.2, 0) is 19.0 Å². The van der Waals surface area contributed by atoms with Crippen molar-refractivity contribution in [1.82, 2.24) is 0 Å². The van der Waals surface area contributed by atoms with Gasteiger partial charge in [-0.15, -0.1) is 0 Å². The van der Waals surface area contributed by atoms with Crippen LogP contribution >= 0.6 is 0 Å². The minimum absolute atomic E-state index is 0.231. The zero-order valence-electron chi connectivity index (χ0n) is 11.8. The molecule has 2 aromatic carbocycles. The van der Waals surface area contributed by atoms with E-state index in [1.807, 2.05) is 0 Å². The van der Waals surface area contributed by atoms with Gasteiger partial charge >= 0.3 is 12.1 Å². The SMILES string of the molecule is O=C(O)c1cccc(C2Cc3ccc(C(F)(F)F)cc3C2)c1F. The second-order valence-corrected chi connectivity index (χ2v) is 5.60. The Hall–Kier alpha value is -2.37. The van der Waals surface area contributed by atoms with E-state index >= 15 is 0 Å². The summed E-state index contributed by atoms with van der Waals surface area (Å²) in [4.78, 5) is 11.0. The van der Waals surface area contributed by atoms with E-state index in [2.05, 4.69) is 0 Å². The Morgan fingerprint density at radius 3 is 2.43 bits per heavy atom. The maximum absolute atomic E-state index is 14.3. The fraction of sp³-hybridized carbons (Fsp3) is 0.235. The molecule has 1 unspecified atom stereocenters. The first kappa shape index (κ1) is 15.5. The van der Waals surface area contributed by atoms with Gasteiger partial charge in [-0.05, 0) is 53.6 Å². The van der Waals surface area contributed by atoms with Gasteiger partial charge in [-0.2, -0.15) is 13.2 Å². The Morgan fingerprint density at radius 1 is 1.09 bits per heavy atom. The molecule has 1 atom stereocenters. The van der Waals surface area contributed by atoms with Crippen molar-refractivity contribution in [2.45, 2.75) is 24.9 Å². The number of fused-ring (bicyclic) bond motifs is 1. The predicted molar refractivity (Wildman–Crippen MR) is 75.0 cm³/mol. The molecule has 1 aliphatic carbocycles. The number of carbonyl (C=O) groups is 1. The van der Waals surface area contributed by atoms with E-state index < -0.39 is 29.1 Å². The number of carboxylic acid groups (broad SMARTS) is 1. The van der Waals surface area contributed by atoms with Crippen LogP contribution in [0.4, 0.5) is 17.6 Å². The molecule has 0 heterocycles. The van der Waals surface area contributed by atoms with Crippen molar-refractivity contribution in [2.75, 3.05) is 0 Å². The van der Waals surface area contributed by atoms with Crippen molar-refractivity contribution >= 4 is 5.97 Å².